The Balaban J connectivity index is 2.95. The third-order valence-electron chi connectivity index (χ3n) is 2.58. The fraction of sp³-hybridized carbons (Fsp3) is 0.700. The molecule has 4 heteroatoms. The maximum absolute atomic E-state index is 5.67. The number of nitrogens with two attached hydrogens (primary N) is 1. The van der Waals surface area contributed by atoms with Gasteiger partial charge in [-0.1, -0.05) is 0 Å². The number of hydrogen-bond acceptors (Lipinski definition) is 3. The second-order valence-electron chi connectivity index (χ2n) is 3.94. The number of methoxy groups -OCH3 is 1. The third-order valence-corrected chi connectivity index (χ3v) is 2.58. The SMILES string of the molecule is COC(C)(CN)c1cnn(C(C)C)c1. The number of rotatable bonds is 4. The van der Waals surface area contributed by atoms with Crippen LogP contribution in [0.3, 0.4) is 0 Å². The summed E-state index contributed by atoms with van der Waals surface area (Å²) >= 11 is 0. The average molecular weight is 197 g/mol. The van der Waals surface area contributed by atoms with Crippen molar-refractivity contribution in [2.24, 2.45) is 5.73 Å². The van der Waals surface area contributed by atoms with E-state index in [1.54, 1.807) is 7.11 Å². The first-order valence-electron chi connectivity index (χ1n) is 4.83. The van der Waals surface area contributed by atoms with Crippen LogP contribution in [0.1, 0.15) is 32.4 Å². The Morgan fingerprint density at radius 1 is 1.64 bits per heavy atom. The molecule has 2 N–H and O–H groups in total. The molecule has 0 spiro atoms. The monoisotopic (exact) mass is 197 g/mol. The number of aromatic nitrogens is 2. The number of nitrogens with zero attached hydrogens (tertiary/aromatic N) is 2. The lowest BCUT2D eigenvalue weighted by molar-refractivity contribution is 0.00998. The summed E-state index contributed by atoms with van der Waals surface area (Å²) < 4.78 is 7.29. The van der Waals surface area contributed by atoms with Crippen molar-refractivity contribution in [2.75, 3.05) is 13.7 Å². The molecule has 14 heavy (non-hydrogen) atoms. The lowest BCUT2D eigenvalue weighted by atomic mass is 10.00. The highest BCUT2D eigenvalue weighted by molar-refractivity contribution is 5.15. The molecule has 1 atom stereocenters. The Hall–Kier alpha value is -0.870. The van der Waals surface area contributed by atoms with E-state index in [-0.39, 0.29) is 0 Å². The second kappa shape index (κ2) is 4.11. The zero-order valence-corrected chi connectivity index (χ0v) is 9.32. The second-order valence-corrected chi connectivity index (χ2v) is 3.94. The van der Waals surface area contributed by atoms with Crippen molar-refractivity contribution in [3.63, 3.8) is 0 Å². The summed E-state index contributed by atoms with van der Waals surface area (Å²) in [7, 11) is 1.67. The van der Waals surface area contributed by atoms with Crippen molar-refractivity contribution in [2.45, 2.75) is 32.4 Å². The van der Waals surface area contributed by atoms with E-state index in [9.17, 15) is 0 Å². The first kappa shape index (κ1) is 11.2. The summed E-state index contributed by atoms with van der Waals surface area (Å²) in [5.74, 6) is 0. The van der Waals surface area contributed by atoms with Crippen LogP contribution in [-0.2, 0) is 10.3 Å². The number of ether oxygens (including phenoxy) is 1. The van der Waals surface area contributed by atoms with Crippen LogP contribution in [0.15, 0.2) is 12.4 Å². The standard InChI is InChI=1S/C10H19N3O/c1-8(2)13-6-9(5-12-13)10(3,7-11)14-4/h5-6,8H,7,11H2,1-4H3. The van der Waals surface area contributed by atoms with Crippen LogP contribution in [-0.4, -0.2) is 23.4 Å². The minimum Gasteiger partial charge on any atom is -0.372 e. The van der Waals surface area contributed by atoms with E-state index in [2.05, 4.69) is 18.9 Å². The van der Waals surface area contributed by atoms with Crippen LogP contribution in [0.25, 0.3) is 0 Å². The lowest BCUT2D eigenvalue weighted by Gasteiger charge is -2.24. The molecule has 0 amide bonds. The van der Waals surface area contributed by atoms with E-state index in [1.807, 2.05) is 24.0 Å². The Bertz CT molecular complexity index is 289. The van der Waals surface area contributed by atoms with Gasteiger partial charge in [0, 0.05) is 31.5 Å². The predicted molar refractivity (Wildman–Crippen MR) is 56.0 cm³/mol. The highest BCUT2D eigenvalue weighted by Crippen LogP contribution is 2.23. The molecule has 0 saturated heterocycles. The molecule has 0 aliphatic carbocycles. The van der Waals surface area contributed by atoms with Crippen molar-refractivity contribution in [1.29, 1.82) is 0 Å². The van der Waals surface area contributed by atoms with Gasteiger partial charge in [-0.05, 0) is 20.8 Å². The van der Waals surface area contributed by atoms with E-state index in [0.29, 0.717) is 12.6 Å². The molecule has 1 aromatic rings. The van der Waals surface area contributed by atoms with E-state index < -0.39 is 5.60 Å². The molecule has 0 aliphatic rings. The van der Waals surface area contributed by atoms with E-state index in [4.69, 9.17) is 10.5 Å². The van der Waals surface area contributed by atoms with E-state index in [0.717, 1.165) is 5.56 Å². The Morgan fingerprint density at radius 3 is 2.64 bits per heavy atom. The summed E-state index contributed by atoms with van der Waals surface area (Å²) in [6, 6.07) is 0.364. The van der Waals surface area contributed by atoms with Gasteiger partial charge in [0.25, 0.3) is 0 Å². The molecule has 1 heterocycles. The van der Waals surface area contributed by atoms with Gasteiger partial charge in [0.05, 0.1) is 6.20 Å². The molecule has 80 valence electrons. The molecule has 0 saturated carbocycles. The van der Waals surface area contributed by atoms with Crippen LogP contribution in [0.4, 0.5) is 0 Å². The summed E-state index contributed by atoms with van der Waals surface area (Å²) in [6.45, 7) is 6.59. The first-order chi connectivity index (χ1) is 6.53. The van der Waals surface area contributed by atoms with Crippen LogP contribution < -0.4 is 5.73 Å². The van der Waals surface area contributed by atoms with Crippen molar-refractivity contribution in [3.05, 3.63) is 18.0 Å². The van der Waals surface area contributed by atoms with Gasteiger partial charge in [0.1, 0.15) is 5.60 Å². The molecular formula is C10H19N3O. The van der Waals surface area contributed by atoms with Crippen molar-refractivity contribution in [3.8, 4) is 0 Å². The molecule has 0 bridgehead atoms. The van der Waals surface area contributed by atoms with Gasteiger partial charge in [-0.3, -0.25) is 4.68 Å². The lowest BCUT2D eigenvalue weighted by Crippen LogP contribution is -2.33. The molecule has 1 rings (SSSR count). The summed E-state index contributed by atoms with van der Waals surface area (Å²) in [6.07, 6.45) is 3.80. The van der Waals surface area contributed by atoms with Gasteiger partial charge in [-0.25, -0.2) is 0 Å². The fourth-order valence-corrected chi connectivity index (χ4v) is 1.21. The Morgan fingerprint density at radius 2 is 2.29 bits per heavy atom. The molecule has 4 nitrogen and oxygen atoms in total. The topological polar surface area (TPSA) is 53.1 Å². The summed E-state index contributed by atoms with van der Waals surface area (Å²) in [5, 5.41) is 4.26. The first-order valence-corrected chi connectivity index (χ1v) is 4.83. The van der Waals surface area contributed by atoms with Crippen LogP contribution in [0, 0.1) is 0 Å². The number of hydrogen-bond donors (Lipinski definition) is 1. The molecule has 0 fully saturated rings. The molecular weight excluding hydrogens is 178 g/mol. The van der Waals surface area contributed by atoms with Gasteiger partial charge in [0.2, 0.25) is 0 Å². The van der Waals surface area contributed by atoms with Gasteiger partial charge < -0.3 is 10.5 Å². The zero-order valence-electron chi connectivity index (χ0n) is 9.32. The summed E-state index contributed by atoms with van der Waals surface area (Å²) in [5.41, 5.74) is 6.27. The smallest absolute Gasteiger partial charge is 0.105 e. The van der Waals surface area contributed by atoms with Crippen LogP contribution in [0.2, 0.25) is 0 Å². The molecule has 1 unspecified atom stereocenters. The molecule has 0 aliphatic heterocycles. The van der Waals surface area contributed by atoms with Crippen LogP contribution >= 0.6 is 0 Å². The van der Waals surface area contributed by atoms with Crippen molar-refractivity contribution >= 4 is 0 Å². The third kappa shape index (κ3) is 1.96. The van der Waals surface area contributed by atoms with Crippen molar-refractivity contribution < 1.29 is 4.74 Å². The quantitative estimate of drug-likeness (QED) is 0.791. The van der Waals surface area contributed by atoms with Gasteiger partial charge >= 0.3 is 0 Å². The normalized spacial score (nSPS) is 15.9. The minimum absolute atomic E-state index is 0.364. The fourth-order valence-electron chi connectivity index (χ4n) is 1.21. The highest BCUT2D eigenvalue weighted by atomic mass is 16.5. The van der Waals surface area contributed by atoms with Gasteiger partial charge in [-0.2, -0.15) is 5.10 Å². The minimum atomic E-state index is -0.423. The highest BCUT2D eigenvalue weighted by Gasteiger charge is 2.26. The maximum atomic E-state index is 5.67. The maximum Gasteiger partial charge on any atom is 0.105 e. The van der Waals surface area contributed by atoms with E-state index >= 15 is 0 Å². The predicted octanol–water partition coefficient (Wildman–Crippen LogP) is 1.28. The van der Waals surface area contributed by atoms with Crippen LogP contribution in [0.5, 0.6) is 0 Å². The largest absolute Gasteiger partial charge is 0.372 e. The molecule has 0 radical (unpaired) electrons. The zero-order chi connectivity index (χ0) is 10.8. The molecule has 1 aromatic heterocycles. The molecule has 0 aromatic carbocycles. The average Bonchev–Trinajstić information content (AvgIpc) is 2.66. The van der Waals surface area contributed by atoms with Crippen molar-refractivity contribution in [1.82, 2.24) is 9.78 Å². The van der Waals surface area contributed by atoms with Gasteiger partial charge in [0.15, 0.2) is 0 Å². The Kier molecular flexibility index (Phi) is 3.29. The van der Waals surface area contributed by atoms with Gasteiger partial charge in [-0.15, -0.1) is 0 Å². The Labute approximate surface area is 85.0 Å². The summed E-state index contributed by atoms with van der Waals surface area (Å²) in [4.78, 5) is 0. The van der Waals surface area contributed by atoms with E-state index in [1.165, 1.54) is 0 Å².